The number of aryl methyl sites for hydroxylation is 1. The molecule has 238 valence electrons. The smallest absolute Gasteiger partial charge is 0.198 e. The fraction of sp³-hybridized carbons (Fsp3) is 0.526. The Morgan fingerprint density at radius 2 is 1.41 bits per heavy atom. The molecule has 0 radical (unpaired) electrons. The van der Waals surface area contributed by atoms with Gasteiger partial charge in [0.25, 0.3) is 0 Å². The molecule has 0 saturated heterocycles. The molecule has 0 aliphatic rings. The van der Waals surface area contributed by atoms with Crippen molar-refractivity contribution in [1.29, 1.82) is 5.26 Å². The van der Waals surface area contributed by atoms with Crippen LogP contribution in [0.3, 0.4) is 0 Å². The van der Waals surface area contributed by atoms with Crippen molar-refractivity contribution in [2.24, 2.45) is 11.8 Å². The fourth-order valence-electron chi connectivity index (χ4n) is 5.20. The van der Waals surface area contributed by atoms with Crippen molar-refractivity contribution in [3.05, 3.63) is 64.0 Å². The van der Waals surface area contributed by atoms with E-state index >= 15 is 0 Å². The minimum Gasteiger partial charge on any atom is -0.497 e. The number of hydrogen-bond donors (Lipinski definition) is 0. The van der Waals surface area contributed by atoms with Crippen molar-refractivity contribution in [3.63, 3.8) is 0 Å². The molecule has 2 atom stereocenters. The van der Waals surface area contributed by atoms with E-state index in [0.29, 0.717) is 64.7 Å². The quantitative estimate of drug-likeness (QED) is 0.0912. The van der Waals surface area contributed by atoms with Crippen molar-refractivity contribution in [1.82, 2.24) is 0 Å². The van der Waals surface area contributed by atoms with Crippen LogP contribution in [-0.2, 0) is 0 Å². The number of hydrogen-bond acceptors (Lipinski definition) is 5. The summed E-state index contributed by atoms with van der Waals surface area (Å²) in [6.07, 6.45) is 12.5. The molecule has 6 nitrogen and oxygen atoms in total. The van der Waals surface area contributed by atoms with E-state index in [1.807, 2.05) is 44.2 Å². The zero-order valence-corrected chi connectivity index (χ0v) is 28.2. The van der Waals surface area contributed by atoms with E-state index in [1.54, 1.807) is 20.3 Å². The highest BCUT2D eigenvalue weighted by Crippen LogP contribution is 2.40. The summed E-state index contributed by atoms with van der Waals surface area (Å²) in [5.41, 5.74) is 3.85. The molecular weight excluding hydrogens is 548 g/mol. The molecular formula is C38H52N2O4. The predicted molar refractivity (Wildman–Crippen MR) is 182 cm³/mol. The molecule has 0 fully saturated rings. The van der Waals surface area contributed by atoms with E-state index in [0.717, 1.165) is 61.8 Å². The van der Waals surface area contributed by atoms with Gasteiger partial charge in [-0.3, -0.25) is 0 Å². The number of rotatable bonds is 19. The van der Waals surface area contributed by atoms with Gasteiger partial charge in [-0.05, 0) is 74.4 Å². The Balaban J connectivity index is 2.66. The van der Waals surface area contributed by atoms with Crippen LogP contribution in [-0.4, -0.2) is 27.4 Å². The molecule has 2 aromatic carbocycles. The molecule has 2 unspecified atom stereocenters. The lowest BCUT2D eigenvalue weighted by Gasteiger charge is -2.20. The van der Waals surface area contributed by atoms with Crippen molar-refractivity contribution in [2.75, 3.05) is 27.4 Å². The van der Waals surface area contributed by atoms with E-state index < -0.39 is 0 Å². The van der Waals surface area contributed by atoms with E-state index in [-0.39, 0.29) is 0 Å². The molecule has 44 heavy (non-hydrogen) atoms. The average molecular weight is 601 g/mol. The van der Waals surface area contributed by atoms with Crippen molar-refractivity contribution < 1.29 is 18.9 Å². The first kappa shape index (κ1) is 36.3. The zero-order valence-electron chi connectivity index (χ0n) is 28.2. The first-order valence-electron chi connectivity index (χ1n) is 16.2. The van der Waals surface area contributed by atoms with Crippen molar-refractivity contribution in [2.45, 2.75) is 92.9 Å². The van der Waals surface area contributed by atoms with Gasteiger partial charge in [-0.1, -0.05) is 72.3 Å². The molecule has 0 N–H and O–H groups in total. The molecule has 0 amide bonds. The average Bonchev–Trinajstić information content (AvgIpc) is 3.05. The molecule has 0 aliphatic carbocycles. The largest absolute Gasteiger partial charge is 0.497 e. The van der Waals surface area contributed by atoms with Crippen LogP contribution in [0, 0.1) is 36.7 Å². The number of nitriles is 1. The summed E-state index contributed by atoms with van der Waals surface area (Å²) in [4.78, 5) is 3.94. The number of methoxy groups -OCH3 is 2. The standard InChI is InChI=1S/C38H52N2O4/c1-10-15-17-28(12-3)25-43-36-19-27(6)35(41-8)21-31(36)20-34(40-7)33-23-38(44-26-29(13-4)18-16-11-2)32(22-37(33)42-9)30(14-5)24-39/h14,19-23,28-29H,10-13,15-18,25-26H2,1-6,8-9H3/b30-14+,34-20-. The Labute approximate surface area is 266 Å². The molecule has 0 aliphatic heterocycles. The van der Waals surface area contributed by atoms with Gasteiger partial charge >= 0.3 is 0 Å². The number of allylic oxidation sites excluding steroid dienone is 2. The zero-order chi connectivity index (χ0) is 32.5. The van der Waals surface area contributed by atoms with Crippen LogP contribution >= 0.6 is 0 Å². The number of unbranched alkanes of at least 4 members (excludes halogenated alkanes) is 2. The summed E-state index contributed by atoms with van der Waals surface area (Å²) >= 11 is 0. The van der Waals surface area contributed by atoms with Gasteiger partial charge in [0, 0.05) is 16.7 Å². The summed E-state index contributed by atoms with van der Waals surface area (Å²) in [6, 6.07) is 9.85. The first-order chi connectivity index (χ1) is 21.3. The van der Waals surface area contributed by atoms with Gasteiger partial charge in [-0.25, -0.2) is 4.85 Å². The van der Waals surface area contributed by atoms with Crippen LogP contribution in [0.1, 0.15) is 108 Å². The van der Waals surface area contributed by atoms with Crippen LogP contribution in [0.15, 0.2) is 30.3 Å². The third-order valence-corrected chi connectivity index (χ3v) is 8.25. The third kappa shape index (κ3) is 10.1. The highest BCUT2D eigenvalue weighted by atomic mass is 16.5. The molecule has 0 saturated carbocycles. The van der Waals surface area contributed by atoms with Gasteiger partial charge in [0.1, 0.15) is 23.0 Å². The van der Waals surface area contributed by atoms with Gasteiger partial charge in [0.05, 0.1) is 45.6 Å². The Bertz CT molecular complexity index is 1350. The minimum atomic E-state index is 0.379. The van der Waals surface area contributed by atoms with Crippen LogP contribution < -0.4 is 18.9 Å². The van der Waals surface area contributed by atoms with Crippen LogP contribution in [0.4, 0.5) is 0 Å². The van der Waals surface area contributed by atoms with Gasteiger partial charge in [-0.2, -0.15) is 5.26 Å². The van der Waals surface area contributed by atoms with Crippen molar-refractivity contribution in [3.8, 4) is 29.1 Å². The van der Waals surface area contributed by atoms with Crippen molar-refractivity contribution >= 4 is 17.3 Å². The van der Waals surface area contributed by atoms with Crippen LogP contribution in [0.5, 0.6) is 23.0 Å². The number of ether oxygens (including phenoxy) is 4. The first-order valence-corrected chi connectivity index (χ1v) is 16.2. The Morgan fingerprint density at radius 1 is 0.841 bits per heavy atom. The molecule has 2 aromatic rings. The van der Waals surface area contributed by atoms with E-state index in [1.165, 1.54) is 6.42 Å². The predicted octanol–water partition coefficient (Wildman–Crippen LogP) is 10.5. The van der Waals surface area contributed by atoms with E-state index in [4.69, 9.17) is 25.5 Å². The minimum absolute atomic E-state index is 0.379. The van der Waals surface area contributed by atoms with Gasteiger partial charge in [0.2, 0.25) is 0 Å². The fourth-order valence-corrected chi connectivity index (χ4v) is 5.20. The van der Waals surface area contributed by atoms with Gasteiger partial charge in [0.15, 0.2) is 5.70 Å². The lowest BCUT2D eigenvalue weighted by atomic mass is 9.98. The second-order valence-electron chi connectivity index (χ2n) is 11.3. The second kappa shape index (κ2) is 19.4. The summed E-state index contributed by atoms with van der Waals surface area (Å²) in [5, 5.41) is 9.88. The Morgan fingerprint density at radius 3 is 1.89 bits per heavy atom. The van der Waals surface area contributed by atoms with Crippen LogP contribution in [0.25, 0.3) is 22.2 Å². The summed E-state index contributed by atoms with van der Waals surface area (Å²) in [7, 11) is 3.22. The van der Waals surface area contributed by atoms with Crippen LogP contribution in [0.2, 0.25) is 0 Å². The molecule has 6 heteroatoms. The van der Waals surface area contributed by atoms with E-state index in [2.05, 4.69) is 38.6 Å². The van der Waals surface area contributed by atoms with Gasteiger partial charge < -0.3 is 18.9 Å². The molecule has 0 spiro atoms. The molecule has 0 heterocycles. The van der Waals surface area contributed by atoms with E-state index in [9.17, 15) is 5.26 Å². The summed E-state index contributed by atoms with van der Waals surface area (Å²) < 4.78 is 24.3. The number of nitrogens with zero attached hydrogens (tertiary/aromatic N) is 2. The van der Waals surface area contributed by atoms with Gasteiger partial charge in [-0.15, -0.1) is 0 Å². The third-order valence-electron chi connectivity index (χ3n) is 8.25. The normalized spacial score (nSPS) is 13.0. The second-order valence-corrected chi connectivity index (χ2v) is 11.3. The molecule has 0 bridgehead atoms. The topological polar surface area (TPSA) is 65.1 Å². The molecule has 0 aromatic heterocycles. The maximum Gasteiger partial charge on any atom is 0.198 e. The highest BCUT2D eigenvalue weighted by molar-refractivity contribution is 5.91. The SMILES string of the molecule is [C-]#[N+]/C(=C\c1cc(OC)c(C)cc1OCC(CC)CCCC)c1cc(OCC(CC)CCCC)c(/C(C#N)=C/C)cc1OC. The monoisotopic (exact) mass is 600 g/mol. The number of benzene rings is 2. The lowest BCUT2D eigenvalue weighted by molar-refractivity contribution is 0.232. The maximum atomic E-state index is 9.88. The lowest BCUT2D eigenvalue weighted by Crippen LogP contribution is -2.12. The molecule has 2 rings (SSSR count). The maximum absolute atomic E-state index is 9.88. The Kier molecular flexibility index (Phi) is 16.0. The summed E-state index contributed by atoms with van der Waals surface area (Å²) in [6.45, 7) is 22.0. The summed E-state index contributed by atoms with van der Waals surface area (Å²) in [5.74, 6) is 3.38. The highest BCUT2D eigenvalue weighted by Gasteiger charge is 2.20. The Hall–Kier alpha value is -3.90.